The van der Waals surface area contributed by atoms with Gasteiger partial charge in [-0.2, -0.15) is 4.98 Å². The summed E-state index contributed by atoms with van der Waals surface area (Å²) in [7, 11) is 1.75. The van der Waals surface area contributed by atoms with Gasteiger partial charge in [0.15, 0.2) is 0 Å². The van der Waals surface area contributed by atoms with E-state index in [1.165, 1.54) is 11.1 Å². The van der Waals surface area contributed by atoms with Crippen molar-refractivity contribution >= 4 is 17.7 Å². The van der Waals surface area contributed by atoms with Crippen molar-refractivity contribution in [3.8, 4) is 11.4 Å². The highest BCUT2D eigenvalue weighted by molar-refractivity contribution is 8.00. The highest BCUT2D eigenvalue weighted by atomic mass is 32.2. The quantitative estimate of drug-likeness (QED) is 0.589. The molecule has 6 heteroatoms. The number of thioether (sulfide) groups is 1. The largest absolute Gasteiger partial charge is 0.337 e. The van der Waals surface area contributed by atoms with Gasteiger partial charge >= 0.3 is 0 Å². The Labute approximate surface area is 163 Å². The Morgan fingerprint density at radius 2 is 1.67 bits per heavy atom. The normalized spacial score (nSPS) is 12.0. The van der Waals surface area contributed by atoms with Crippen LogP contribution in [0.1, 0.15) is 23.9 Å². The first-order valence-electron chi connectivity index (χ1n) is 8.80. The number of aryl methyl sites for hydroxylation is 2. The van der Waals surface area contributed by atoms with E-state index in [4.69, 9.17) is 4.52 Å². The van der Waals surface area contributed by atoms with E-state index in [0.29, 0.717) is 11.7 Å². The molecule has 0 aliphatic heterocycles. The van der Waals surface area contributed by atoms with Crippen molar-refractivity contribution in [2.45, 2.75) is 37.5 Å². The number of aromatic nitrogens is 2. The number of hydrogen-bond acceptors (Lipinski definition) is 5. The van der Waals surface area contributed by atoms with Gasteiger partial charge in [0.25, 0.3) is 0 Å². The predicted octanol–water partition coefficient (Wildman–Crippen LogP) is 4.49. The SMILES string of the molecule is Cc1ccc(S[C@H](C)C(=O)N(C)Cc2nc(-c3ccc(C)cc3)no2)cc1. The molecule has 0 unspecified atom stereocenters. The van der Waals surface area contributed by atoms with Gasteiger partial charge in [-0.3, -0.25) is 4.79 Å². The molecule has 140 valence electrons. The Hall–Kier alpha value is -2.60. The van der Waals surface area contributed by atoms with Crippen LogP contribution in [0.2, 0.25) is 0 Å². The number of nitrogens with zero attached hydrogens (tertiary/aromatic N) is 3. The molecule has 5 nitrogen and oxygen atoms in total. The number of rotatable bonds is 6. The van der Waals surface area contributed by atoms with E-state index in [-0.39, 0.29) is 17.7 Å². The molecule has 0 aliphatic rings. The molecule has 0 fully saturated rings. The zero-order valence-corrected chi connectivity index (χ0v) is 16.8. The average Bonchev–Trinajstić information content (AvgIpc) is 3.12. The van der Waals surface area contributed by atoms with Crippen LogP contribution in [-0.4, -0.2) is 33.2 Å². The fraction of sp³-hybridized carbons (Fsp3) is 0.286. The summed E-state index contributed by atoms with van der Waals surface area (Å²) in [6.07, 6.45) is 0. The van der Waals surface area contributed by atoms with Crippen LogP contribution in [-0.2, 0) is 11.3 Å². The minimum atomic E-state index is -0.197. The van der Waals surface area contributed by atoms with Crippen LogP contribution in [0.15, 0.2) is 57.9 Å². The zero-order chi connectivity index (χ0) is 19.4. The molecule has 0 saturated heterocycles. The summed E-state index contributed by atoms with van der Waals surface area (Å²) in [6, 6.07) is 16.1. The highest BCUT2D eigenvalue weighted by Crippen LogP contribution is 2.25. The number of amides is 1. The third-order valence-electron chi connectivity index (χ3n) is 4.21. The summed E-state index contributed by atoms with van der Waals surface area (Å²) in [5, 5.41) is 3.82. The molecule has 1 amide bonds. The van der Waals surface area contributed by atoms with Crippen LogP contribution in [0.5, 0.6) is 0 Å². The molecule has 1 aromatic heterocycles. The van der Waals surface area contributed by atoms with Crippen molar-refractivity contribution in [2.75, 3.05) is 7.05 Å². The third kappa shape index (κ3) is 4.98. The molecule has 0 radical (unpaired) electrons. The van der Waals surface area contributed by atoms with Crippen LogP contribution in [0, 0.1) is 13.8 Å². The molecule has 0 aliphatic carbocycles. The molecule has 3 aromatic rings. The zero-order valence-electron chi connectivity index (χ0n) is 16.0. The lowest BCUT2D eigenvalue weighted by molar-refractivity contribution is -0.129. The fourth-order valence-corrected chi connectivity index (χ4v) is 3.58. The van der Waals surface area contributed by atoms with E-state index in [0.717, 1.165) is 10.5 Å². The maximum atomic E-state index is 12.6. The van der Waals surface area contributed by atoms with E-state index < -0.39 is 0 Å². The van der Waals surface area contributed by atoms with E-state index in [2.05, 4.69) is 10.1 Å². The van der Waals surface area contributed by atoms with Gasteiger partial charge in [0.05, 0.1) is 11.8 Å². The van der Waals surface area contributed by atoms with Gasteiger partial charge < -0.3 is 9.42 Å². The minimum absolute atomic E-state index is 0.0238. The summed E-state index contributed by atoms with van der Waals surface area (Å²) in [6.45, 7) is 6.28. The standard InChI is InChI=1S/C21H23N3O2S/c1-14-5-9-17(10-6-14)20-22-19(26-23-20)13-24(4)21(25)16(3)27-18-11-7-15(2)8-12-18/h5-12,16H,13H2,1-4H3/t16-/m1/s1. The maximum absolute atomic E-state index is 12.6. The summed E-state index contributed by atoms with van der Waals surface area (Å²) < 4.78 is 5.32. The van der Waals surface area contributed by atoms with Crippen molar-refractivity contribution in [3.05, 3.63) is 65.5 Å². The summed E-state index contributed by atoms with van der Waals surface area (Å²) in [5.74, 6) is 0.984. The van der Waals surface area contributed by atoms with E-state index in [9.17, 15) is 4.79 Å². The number of hydrogen-bond donors (Lipinski definition) is 0. The first-order valence-corrected chi connectivity index (χ1v) is 9.68. The van der Waals surface area contributed by atoms with Gasteiger partial charge in [0.1, 0.15) is 0 Å². The molecule has 0 N–H and O–H groups in total. The van der Waals surface area contributed by atoms with Crippen molar-refractivity contribution in [1.82, 2.24) is 15.0 Å². The molecular formula is C21H23N3O2S. The number of benzene rings is 2. The lowest BCUT2D eigenvalue weighted by Crippen LogP contribution is -2.32. The monoisotopic (exact) mass is 381 g/mol. The number of carbonyl (C=O) groups excluding carboxylic acids is 1. The van der Waals surface area contributed by atoms with Crippen molar-refractivity contribution < 1.29 is 9.32 Å². The van der Waals surface area contributed by atoms with Gasteiger partial charge in [-0.15, -0.1) is 11.8 Å². The molecule has 1 heterocycles. The van der Waals surface area contributed by atoms with Crippen LogP contribution >= 0.6 is 11.8 Å². The lowest BCUT2D eigenvalue weighted by atomic mass is 10.1. The topological polar surface area (TPSA) is 59.2 Å². The Morgan fingerprint density at radius 1 is 1.07 bits per heavy atom. The van der Waals surface area contributed by atoms with E-state index >= 15 is 0 Å². The summed E-state index contributed by atoms with van der Waals surface area (Å²) in [4.78, 5) is 19.8. The van der Waals surface area contributed by atoms with Crippen LogP contribution in [0.4, 0.5) is 0 Å². The highest BCUT2D eigenvalue weighted by Gasteiger charge is 2.21. The van der Waals surface area contributed by atoms with Gasteiger partial charge in [-0.05, 0) is 32.9 Å². The van der Waals surface area contributed by atoms with E-state index in [1.54, 1.807) is 23.7 Å². The second-order valence-corrected chi connectivity index (χ2v) is 8.06. The van der Waals surface area contributed by atoms with Crippen LogP contribution in [0.25, 0.3) is 11.4 Å². The van der Waals surface area contributed by atoms with Gasteiger partial charge in [0.2, 0.25) is 17.6 Å². The molecule has 0 saturated carbocycles. The molecule has 1 atom stereocenters. The van der Waals surface area contributed by atoms with Crippen molar-refractivity contribution in [2.24, 2.45) is 0 Å². The second kappa shape index (κ2) is 8.39. The number of carbonyl (C=O) groups is 1. The predicted molar refractivity (Wildman–Crippen MR) is 107 cm³/mol. The molecular weight excluding hydrogens is 358 g/mol. The second-order valence-electron chi connectivity index (χ2n) is 6.65. The minimum Gasteiger partial charge on any atom is -0.337 e. The molecule has 3 rings (SSSR count). The van der Waals surface area contributed by atoms with Gasteiger partial charge in [-0.1, -0.05) is 52.7 Å². The lowest BCUT2D eigenvalue weighted by Gasteiger charge is -2.19. The molecule has 0 bridgehead atoms. The molecule has 2 aromatic carbocycles. The molecule has 0 spiro atoms. The first kappa shape index (κ1) is 19.2. The molecule has 27 heavy (non-hydrogen) atoms. The van der Waals surface area contributed by atoms with Crippen molar-refractivity contribution in [1.29, 1.82) is 0 Å². The van der Waals surface area contributed by atoms with E-state index in [1.807, 2.05) is 69.3 Å². The Morgan fingerprint density at radius 3 is 2.30 bits per heavy atom. The Balaban J connectivity index is 1.60. The maximum Gasteiger partial charge on any atom is 0.246 e. The third-order valence-corrected chi connectivity index (χ3v) is 5.31. The Kier molecular flexibility index (Phi) is 5.96. The van der Waals surface area contributed by atoms with Gasteiger partial charge in [-0.25, -0.2) is 0 Å². The van der Waals surface area contributed by atoms with Gasteiger partial charge in [0, 0.05) is 17.5 Å². The summed E-state index contributed by atoms with van der Waals surface area (Å²) >= 11 is 1.54. The Bertz CT molecular complexity index is 904. The average molecular weight is 382 g/mol. The first-order chi connectivity index (χ1) is 12.9. The summed E-state index contributed by atoms with van der Waals surface area (Å²) in [5.41, 5.74) is 3.27. The van der Waals surface area contributed by atoms with Crippen molar-refractivity contribution in [3.63, 3.8) is 0 Å². The van der Waals surface area contributed by atoms with Crippen LogP contribution in [0.3, 0.4) is 0 Å². The van der Waals surface area contributed by atoms with Crippen LogP contribution < -0.4 is 0 Å². The fourth-order valence-electron chi connectivity index (χ4n) is 2.60. The smallest absolute Gasteiger partial charge is 0.246 e.